The molecule has 1 aliphatic carbocycles. The van der Waals surface area contributed by atoms with E-state index in [1.807, 2.05) is 16.8 Å². The van der Waals surface area contributed by atoms with Crippen LogP contribution in [0.15, 0.2) is 43.0 Å². The summed E-state index contributed by atoms with van der Waals surface area (Å²) in [7, 11) is 0. The van der Waals surface area contributed by atoms with Crippen molar-refractivity contribution in [1.82, 2.24) is 9.55 Å². The second kappa shape index (κ2) is 6.86. The van der Waals surface area contributed by atoms with Crippen molar-refractivity contribution in [3.8, 4) is 0 Å². The molecule has 3 rings (SSSR count). The molecule has 0 bridgehead atoms. The normalized spacial score (nSPS) is 17.3. The van der Waals surface area contributed by atoms with Crippen LogP contribution in [0.4, 0.5) is 4.39 Å². The zero-order chi connectivity index (χ0) is 15.4. The predicted octanol–water partition coefficient (Wildman–Crippen LogP) is 3.96. The zero-order valence-corrected chi connectivity index (χ0v) is 12.6. The number of carbonyl (C=O) groups excluding carboxylic acids is 1. The Morgan fingerprint density at radius 3 is 2.82 bits per heavy atom. The maximum absolute atomic E-state index is 13.4. The SMILES string of the molecule is O=C(C1CCCCC1)C(Cc1cccc(F)c1)n1ccnc1. The highest BCUT2D eigenvalue weighted by atomic mass is 19.1. The Labute approximate surface area is 130 Å². The molecule has 3 nitrogen and oxygen atoms in total. The van der Waals surface area contributed by atoms with Gasteiger partial charge in [-0.05, 0) is 30.5 Å². The molecule has 0 saturated heterocycles. The molecular weight excluding hydrogens is 279 g/mol. The average Bonchev–Trinajstić information content (AvgIpc) is 3.07. The summed E-state index contributed by atoms with van der Waals surface area (Å²) in [6.45, 7) is 0. The molecule has 1 aromatic carbocycles. The van der Waals surface area contributed by atoms with Crippen molar-refractivity contribution >= 4 is 5.78 Å². The molecule has 1 aromatic heterocycles. The largest absolute Gasteiger partial charge is 0.327 e. The van der Waals surface area contributed by atoms with E-state index in [2.05, 4.69) is 4.98 Å². The second-order valence-electron chi connectivity index (χ2n) is 6.10. The summed E-state index contributed by atoms with van der Waals surface area (Å²) in [4.78, 5) is 17.0. The van der Waals surface area contributed by atoms with Crippen LogP contribution in [0.5, 0.6) is 0 Å². The molecule has 0 amide bonds. The van der Waals surface area contributed by atoms with E-state index in [1.54, 1.807) is 18.6 Å². The van der Waals surface area contributed by atoms with Crippen LogP contribution >= 0.6 is 0 Å². The molecule has 0 spiro atoms. The van der Waals surface area contributed by atoms with Gasteiger partial charge < -0.3 is 4.57 Å². The van der Waals surface area contributed by atoms with Crippen LogP contribution < -0.4 is 0 Å². The maximum atomic E-state index is 13.4. The number of hydrogen-bond acceptors (Lipinski definition) is 2. The average molecular weight is 300 g/mol. The van der Waals surface area contributed by atoms with Crippen LogP contribution in [-0.2, 0) is 11.2 Å². The van der Waals surface area contributed by atoms with Gasteiger partial charge in [-0.15, -0.1) is 0 Å². The lowest BCUT2D eigenvalue weighted by atomic mass is 9.82. The number of halogens is 1. The Morgan fingerprint density at radius 2 is 2.14 bits per heavy atom. The molecule has 0 radical (unpaired) electrons. The fraction of sp³-hybridized carbons (Fsp3) is 0.444. The monoisotopic (exact) mass is 300 g/mol. The number of aromatic nitrogens is 2. The van der Waals surface area contributed by atoms with Crippen molar-refractivity contribution in [1.29, 1.82) is 0 Å². The lowest BCUT2D eigenvalue weighted by molar-refractivity contribution is -0.127. The predicted molar refractivity (Wildman–Crippen MR) is 83.0 cm³/mol. The standard InChI is InChI=1S/C18H21FN2O/c19-16-8-4-5-14(11-16)12-17(21-10-9-20-13-21)18(22)15-6-2-1-3-7-15/h4-5,8-11,13,15,17H,1-3,6-7,12H2. The molecule has 22 heavy (non-hydrogen) atoms. The first kappa shape index (κ1) is 14.9. The summed E-state index contributed by atoms with van der Waals surface area (Å²) in [6.07, 6.45) is 11.2. The van der Waals surface area contributed by atoms with Crippen molar-refractivity contribution in [3.63, 3.8) is 0 Å². The van der Waals surface area contributed by atoms with E-state index in [-0.39, 0.29) is 23.6 Å². The smallest absolute Gasteiger partial charge is 0.159 e. The van der Waals surface area contributed by atoms with Gasteiger partial charge in [0.25, 0.3) is 0 Å². The van der Waals surface area contributed by atoms with Crippen LogP contribution in [0.2, 0.25) is 0 Å². The molecule has 1 unspecified atom stereocenters. The fourth-order valence-corrected chi connectivity index (χ4v) is 3.35. The van der Waals surface area contributed by atoms with Gasteiger partial charge in [-0.1, -0.05) is 31.4 Å². The number of nitrogens with zero attached hydrogens (tertiary/aromatic N) is 2. The minimum Gasteiger partial charge on any atom is -0.327 e. The third-order valence-electron chi connectivity index (χ3n) is 4.54. The number of benzene rings is 1. The molecule has 0 N–H and O–H groups in total. The van der Waals surface area contributed by atoms with E-state index in [9.17, 15) is 9.18 Å². The van der Waals surface area contributed by atoms with Crippen molar-refractivity contribution in [2.45, 2.75) is 44.6 Å². The summed E-state index contributed by atoms with van der Waals surface area (Å²) in [5, 5.41) is 0. The molecule has 1 fully saturated rings. The van der Waals surface area contributed by atoms with Crippen molar-refractivity contribution in [2.24, 2.45) is 5.92 Å². The van der Waals surface area contributed by atoms with E-state index in [0.717, 1.165) is 31.2 Å². The Balaban J connectivity index is 1.82. The molecule has 0 aliphatic heterocycles. The van der Waals surface area contributed by atoms with E-state index in [1.165, 1.54) is 18.6 Å². The first-order valence-corrected chi connectivity index (χ1v) is 7.99. The van der Waals surface area contributed by atoms with Gasteiger partial charge in [-0.25, -0.2) is 9.37 Å². The number of carbonyl (C=O) groups is 1. The van der Waals surface area contributed by atoms with E-state index >= 15 is 0 Å². The van der Waals surface area contributed by atoms with E-state index in [4.69, 9.17) is 0 Å². The highest BCUT2D eigenvalue weighted by Crippen LogP contribution is 2.29. The van der Waals surface area contributed by atoms with Gasteiger partial charge in [0.2, 0.25) is 0 Å². The van der Waals surface area contributed by atoms with Crippen molar-refractivity contribution in [3.05, 3.63) is 54.4 Å². The number of ketones is 1. The lowest BCUT2D eigenvalue weighted by Crippen LogP contribution is -2.29. The molecule has 116 valence electrons. The van der Waals surface area contributed by atoms with Gasteiger partial charge in [-0.3, -0.25) is 4.79 Å². The highest BCUT2D eigenvalue weighted by Gasteiger charge is 2.29. The van der Waals surface area contributed by atoms with Gasteiger partial charge in [0.1, 0.15) is 5.82 Å². The Morgan fingerprint density at radius 1 is 1.32 bits per heavy atom. The van der Waals surface area contributed by atoms with Crippen molar-refractivity contribution < 1.29 is 9.18 Å². The van der Waals surface area contributed by atoms with Crippen molar-refractivity contribution in [2.75, 3.05) is 0 Å². The second-order valence-corrected chi connectivity index (χ2v) is 6.10. The first-order valence-electron chi connectivity index (χ1n) is 7.99. The van der Waals surface area contributed by atoms with Crippen LogP contribution in [0, 0.1) is 11.7 Å². The van der Waals surface area contributed by atoms with E-state index < -0.39 is 0 Å². The Bertz CT molecular complexity index is 618. The minimum absolute atomic E-state index is 0.134. The third-order valence-corrected chi connectivity index (χ3v) is 4.54. The summed E-state index contributed by atoms with van der Waals surface area (Å²) < 4.78 is 15.3. The number of rotatable bonds is 5. The van der Waals surface area contributed by atoms with Crippen LogP contribution in [0.1, 0.15) is 43.7 Å². The first-order chi connectivity index (χ1) is 10.7. The Kier molecular flexibility index (Phi) is 4.66. The molecular formula is C18H21FN2O. The molecule has 1 saturated carbocycles. The number of imidazole rings is 1. The van der Waals surface area contributed by atoms with E-state index in [0.29, 0.717) is 6.42 Å². The topological polar surface area (TPSA) is 34.9 Å². The van der Waals surface area contributed by atoms with Crippen LogP contribution in [0.3, 0.4) is 0 Å². The lowest BCUT2D eigenvalue weighted by Gasteiger charge is -2.26. The minimum atomic E-state index is -0.285. The molecule has 1 heterocycles. The number of Topliss-reactive ketones (excluding diaryl/α,β-unsaturated/α-hetero) is 1. The van der Waals surface area contributed by atoms with Crippen LogP contribution in [0.25, 0.3) is 0 Å². The molecule has 4 heteroatoms. The van der Waals surface area contributed by atoms with Gasteiger partial charge >= 0.3 is 0 Å². The Hall–Kier alpha value is -1.97. The summed E-state index contributed by atoms with van der Waals surface area (Å²) in [5.41, 5.74) is 0.850. The number of hydrogen-bond donors (Lipinski definition) is 0. The zero-order valence-electron chi connectivity index (χ0n) is 12.6. The van der Waals surface area contributed by atoms with Gasteiger partial charge in [-0.2, -0.15) is 0 Å². The molecule has 1 aliphatic rings. The molecule has 2 aromatic rings. The maximum Gasteiger partial charge on any atom is 0.159 e. The summed E-state index contributed by atoms with van der Waals surface area (Å²) >= 11 is 0. The summed E-state index contributed by atoms with van der Waals surface area (Å²) in [6, 6.07) is 6.23. The molecule has 1 atom stereocenters. The van der Waals surface area contributed by atoms with Gasteiger partial charge in [0.15, 0.2) is 5.78 Å². The highest BCUT2D eigenvalue weighted by molar-refractivity contribution is 5.85. The van der Waals surface area contributed by atoms with Gasteiger partial charge in [0, 0.05) is 24.7 Å². The summed E-state index contributed by atoms with van der Waals surface area (Å²) in [5.74, 6) is 0.142. The fourth-order valence-electron chi connectivity index (χ4n) is 3.35. The van der Waals surface area contributed by atoms with Crippen LogP contribution in [-0.4, -0.2) is 15.3 Å². The quantitative estimate of drug-likeness (QED) is 0.838. The van der Waals surface area contributed by atoms with Gasteiger partial charge in [0.05, 0.1) is 12.4 Å². The third kappa shape index (κ3) is 3.43.